The van der Waals surface area contributed by atoms with Crippen molar-refractivity contribution in [1.82, 2.24) is 4.98 Å². The molecule has 27 heavy (non-hydrogen) atoms. The van der Waals surface area contributed by atoms with E-state index in [9.17, 15) is 23.1 Å². The molecule has 0 aliphatic heterocycles. The van der Waals surface area contributed by atoms with Gasteiger partial charge < -0.3 is 14.6 Å². The average Bonchev–Trinajstić information content (AvgIpc) is 3.08. The van der Waals surface area contributed by atoms with Crippen LogP contribution in [0.4, 0.5) is 13.2 Å². The molecule has 0 radical (unpaired) electrons. The van der Waals surface area contributed by atoms with E-state index in [0.717, 1.165) is 23.5 Å². The fourth-order valence-electron chi connectivity index (χ4n) is 2.33. The van der Waals surface area contributed by atoms with Crippen molar-refractivity contribution in [3.63, 3.8) is 0 Å². The highest BCUT2D eigenvalue weighted by atomic mass is 35.5. The van der Waals surface area contributed by atoms with Crippen LogP contribution < -0.4 is 9.84 Å². The van der Waals surface area contributed by atoms with Gasteiger partial charge in [0, 0.05) is 22.4 Å². The van der Waals surface area contributed by atoms with E-state index >= 15 is 0 Å². The first-order chi connectivity index (χ1) is 12.8. The third-order valence-electron chi connectivity index (χ3n) is 3.56. The van der Waals surface area contributed by atoms with Crippen molar-refractivity contribution in [2.75, 3.05) is 0 Å². The number of carboxylic acid groups (broad SMARTS) is 1. The fraction of sp³-hybridized carbons (Fsp3) is 0.111. The van der Waals surface area contributed by atoms with Gasteiger partial charge in [0.05, 0.1) is 16.7 Å². The molecule has 9 heteroatoms. The van der Waals surface area contributed by atoms with Gasteiger partial charge in [-0.2, -0.15) is 0 Å². The van der Waals surface area contributed by atoms with Crippen LogP contribution in [0, 0.1) is 17.5 Å². The molecular weight excluding hydrogens is 403 g/mol. The summed E-state index contributed by atoms with van der Waals surface area (Å²) in [7, 11) is 0. The molecule has 140 valence electrons. The number of nitrogens with zero attached hydrogens (tertiary/aromatic N) is 1. The van der Waals surface area contributed by atoms with Crippen LogP contribution in [0.3, 0.4) is 0 Å². The summed E-state index contributed by atoms with van der Waals surface area (Å²) in [6, 6.07) is 6.45. The van der Waals surface area contributed by atoms with Crippen molar-refractivity contribution >= 4 is 28.9 Å². The Morgan fingerprint density at radius 2 is 1.89 bits per heavy atom. The lowest BCUT2D eigenvalue weighted by molar-refractivity contribution is -0.255. The second-order valence-corrected chi connectivity index (χ2v) is 6.88. The zero-order valence-corrected chi connectivity index (χ0v) is 15.0. The molecule has 0 aliphatic carbocycles. The maximum atomic E-state index is 13.3. The maximum Gasteiger partial charge on any atom is 0.194 e. The fourth-order valence-corrected chi connectivity index (χ4v) is 3.31. The monoisotopic (exact) mass is 412 g/mol. The number of halogens is 4. The summed E-state index contributed by atoms with van der Waals surface area (Å²) in [5.74, 6) is -5.15. The van der Waals surface area contributed by atoms with E-state index < -0.39 is 23.4 Å². The van der Waals surface area contributed by atoms with Crippen molar-refractivity contribution in [1.29, 1.82) is 0 Å². The van der Waals surface area contributed by atoms with E-state index in [2.05, 4.69) is 4.98 Å². The Balaban J connectivity index is 1.80. The molecule has 1 aromatic heterocycles. The molecule has 1 heterocycles. The summed E-state index contributed by atoms with van der Waals surface area (Å²) in [5.41, 5.74) is 0.544. The first-order valence-corrected chi connectivity index (χ1v) is 8.79. The van der Waals surface area contributed by atoms with Crippen molar-refractivity contribution in [3.8, 4) is 5.75 Å². The number of aromatic carboxylic acids is 1. The minimum absolute atomic E-state index is 0.112. The minimum Gasteiger partial charge on any atom is -0.543 e. The highest BCUT2D eigenvalue weighted by Gasteiger charge is 2.13. The average molecular weight is 413 g/mol. The summed E-state index contributed by atoms with van der Waals surface area (Å²) in [6.45, 7) is -0.203. The van der Waals surface area contributed by atoms with E-state index in [0.29, 0.717) is 21.3 Å². The summed E-state index contributed by atoms with van der Waals surface area (Å²) in [6.07, 6.45) is 0.236. The lowest BCUT2D eigenvalue weighted by Gasteiger charge is -2.12. The second-order valence-electron chi connectivity index (χ2n) is 5.50. The summed E-state index contributed by atoms with van der Waals surface area (Å²) < 4.78 is 45.2. The Hall–Kier alpha value is -2.58. The number of thiazole rings is 1. The molecule has 0 saturated carbocycles. The summed E-state index contributed by atoms with van der Waals surface area (Å²) in [5, 5.41) is 13.1. The molecule has 4 nitrogen and oxygen atoms in total. The van der Waals surface area contributed by atoms with E-state index in [1.165, 1.54) is 5.38 Å². The molecule has 0 amide bonds. The van der Waals surface area contributed by atoms with Crippen molar-refractivity contribution < 1.29 is 27.8 Å². The lowest BCUT2D eigenvalue weighted by Crippen LogP contribution is -2.22. The number of ether oxygens (including phenoxy) is 1. The number of hydrogen-bond acceptors (Lipinski definition) is 5. The van der Waals surface area contributed by atoms with Crippen molar-refractivity contribution in [2.24, 2.45) is 0 Å². The van der Waals surface area contributed by atoms with Crippen LogP contribution in [0.15, 0.2) is 35.7 Å². The van der Waals surface area contributed by atoms with E-state index in [1.54, 1.807) is 18.2 Å². The maximum absolute atomic E-state index is 13.3. The Labute approximate surface area is 160 Å². The molecule has 3 rings (SSSR count). The third kappa shape index (κ3) is 4.58. The number of carbonyl (C=O) groups is 1. The van der Waals surface area contributed by atoms with Crippen LogP contribution in [-0.4, -0.2) is 11.0 Å². The quantitative estimate of drug-likeness (QED) is 0.578. The summed E-state index contributed by atoms with van der Waals surface area (Å²) in [4.78, 5) is 14.8. The molecule has 0 spiro atoms. The minimum atomic E-state index is -1.54. The Bertz CT molecular complexity index is 986. The number of carboxylic acids is 1. The second kappa shape index (κ2) is 7.98. The molecule has 0 saturated heterocycles. The number of carbonyl (C=O) groups excluding carboxylic acids is 1. The van der Waals surface area contributed by atoms with Gasteiger partial charge in [0.15, 0.2) is 17.5 Å². The molecule has 3 aromatic rings. The molecule has 0 N–H and O–H groups in total. The number of aromatic nitrogens is 1. The van der Waals surface area contributed by atoms with Gasteiger partial charge in [0.1, 0.15) is 12.4 Å². The third-order valence-corrected chi connectivity index (χ3v) is 4.65. The molecule has 0 aliphatic rings. The number of hydrogen-bond donors (Lipinski definition) is 0. The first-order valence-electron chi connectivity index (χ1n) is 7.54. The van der Waals surface area contributed by atoms with Gasteiger partial charge >= 0.3 is 0 Å². The predicted octanol–water partition coefficient (Wildman–Crippen LogP) is 3.75. The number of rotatable bonds is 6. The molecule has 0 bridgehead atoms. The lowest BCUT2D eigenvalue weighted by atomic mass is 10.1. The van der Waals surface area contributed by atoms with Gasteiger partial charge in [0.2, 0.25) is 0 Å². The molecule has 0 fully saturated rings. The van der Waals surface area contributed by atoms with Gasteiger partial charge in [-0.3, -0.25) is 0 Å². The van der Waals surface area contributed by atoms with Crippen molar-refractivity contribution in [2.45, 2.75) is 13.0 Å². The topological polar surface area (TPSA) is 62.2 Å². The van der Waals surface area contributed by atoms with Crippen LogP contribution in [0.5, 0.6) is 5.75 Å². The highest BCUT2D eigenvalue weighted by Crippen LogP contribution is 2.27. The van der Waals surface area contributed by atoms with Crippen LogP contribution >= 0.6 is 22.9 Å². The number of benzene rings is 2. The van der Waals surface area contributed by atoms with Gasteiger partial charge in [-0.15, -0.1) is 11.3 Å². The van der Waals surface area contributed by atoms with Crippen LogP contribution in [0.1, 0.15) is 26.6 Å². The van der Waals surface area contributed by atoms with Gasteiger partial charge in [-0.25, -0.2) is 18.2 Å². The van der Waals surface area contributed by atoms with Crippen LogP contribution in [0.25, 0.3) is 0 Å². The van der Waals surface area contributed by atoms with E-state index in [4.69, 9.17) is 16.3 Å². The van der Waals surface area contributed by atoms with E-state index in [1.807, 2.05) is 0 Å². The summed E-state index contributed by atoms with van der Waals surface area (Å²) >= 11 is 7.13. The van der Waals surface area contributed by atoms with Gasteiger partial charge in [-0.1, -0.05) is 11.6 Å². The largest absolute Gasteiger partial charge is 0.543 e. The van der Waals surface area contributed by atoms with Gasteiger partial charge in [0.25, 0.3) is 0 Å². The Morgan fingerprint density at radius 1 is 1.19 bits per heavy atom. The molecule has 0 unspecified atom stereocenters. The molecule has 0 atom stereocenters. The standard InChI is InChI=1S/C18H11ClF3NO3S/c19-11-1-2-15(26-7-9-3-12(20)17(22)13(21)4-9)10(5-11)6-16-23-14(8-27-16)18(24)25/h1-5,8H,6-7H2,(H,24,25)/p-1. The smallest absolute Gasteiger partial charge is 0.194 e. The normalized spacial score (nSPS) is 10.8. The molecular formula is C18H10ClF3NO3S-. The highest BCUT2D eigenvalue weighted by molar-refractivity contribution is 7.09. The predicted molar refractivity (Wildman–Crippen MR) is 91.4 cm³/mol. The first kappa shape index (κ1) is 19.2. The van der Waals surface area contributed by atoms with E-state index in [-0.39, 0.29) is 24.3 Å². The SMILES string of the molecule is O=C([O-])c1csc(Cc2cc(Cl)ccc2OCc2cc(F)c(F)c(F)c2)n1. The van der Waals surface area contributed by atoms with Gasteiger partial charge in [-0.05, 0) is 35.9 Å². The zero-order chi connectivity index (χ0) is 19.6. The Morgan fingerprint density at radius 3 is 2.52 bits per heavy atom. The Kier molecular flexibility index (Phi) is 5.67. The zero-order valence-electron chi connectivity index (χ0n) is 13.5. The van der Waals surface area contributed by atoms with Crippen LogP contribution in [-0.2, 0) is 13.0 Å². The molecule has 2 aromatic carbocycles. The van der Waals surface area contributed by atoms with Crippen LogP contribution in [0.2, 0.25) is 5.02 Å². The van der Waals surface area contributed by atoms with Crippen molar-refractivity contribution in [3.05, 3.63) is 80.0 Å².